The lowest BCUT2D eigenvalue weighted by atomic mass is 9.99. The van der Waals surface area contributed by atoms with Crippen molar-refractivity contribution in [3.8, 4) is 34.3 Å². The molecule has 31 heavy (non-hydrogen) atoms. The van der Waals surface area contributed by atoms with E-state index in [4.69, 9.17) is 15.5 Å². The van der Waals surface area contributed by atoms with Gasteiger partial charge in [0.2, 0.25) is 0 Å². The third kappa shape index (κ3) is 3.21. The number of halogens is 1. The van der Waals surface area contributed by atoms with Crippen LogP contribution in [0.1, 0.15) is 34.2 Å². The number of nitrogens with zero attached hydrogens (tertiary/aromatic N) is 5. The lowest BCUT2D eigenvalue weighted by molar-refractivity contribution is 0.227. The van der Waals surface area contributed by atoms with Crippen molar-refractivity contribution in [2.75, 3.05) is 5.73 Å². The summed E-state index contributed by atoms with van der Waals surface area (Å²) in [5, 5.41) is 10.5. The smallest absolute Gasteiger partial charge is 0.166 e. The van der Waals surface area contributed by atoms with Crippen molar-refractivity contribution in [1.29, 1.82) is 5.26 Å². The van der Waals surface area contributed by atoms with Crippen LogP contribution in [-0.2, 0) is 6.54 Å². The van der Waals surface area contributed by atoms with Crippen LogP contribution in [0.5, 0.6) is 5.75 Å². The zero-order valence-corrected chi connectivity index (χ0v) is 17.6. The van der Waals surface area contributed by atoms with E-state index in [0.29, 0.717) is 29.1 Å². The molecular formula is C22H17FN6OS. The van der Waals surface area contributed by atoms with Gasteiger partial charge in [-0.05, 0) is 38.1 Å². The van der Waals surface area contributed by atoms with E-state index >= 15 is 0 Å². The molecule has 7 nitrogen and oxygen atoms in total. The highest BCUT2D eigenvalue weighted by molar-refractivity contribution is 7.12. The quantitative estimate of drug-likeness (QED) is 0.440. The summed E-state index contributed by atoms with van der Waals surface area (Å²) in [6.45, 7) is 4.22. The lowest BCUT2D eigenvalue weighted by Gasteiger charge is -2.21. The SMILES string of the molecule is Cc1nc2c(s1)Cn1cnc(C#N)c1-c1cnc(N)c(c1)O[C@H](C)c1cc(F)ccc1-2. The highest BCUT2D eigenvalue weighted by atomic mass is 32.1. The fourth-order valence-corrected chi connectivity index (χ4v) is 4.80. The molecule has 0 fully saturated rings. The summed E-state index contributed by atoms with van der Waals surface area (Å²) in [4.78, 5) is 14.2. The van der Waals surface area contributed by atoms with Crippen LogP contribution in [0, 0.1) is 24.1 Å². The summed E-state index contributed by atoms with van der Waals surface area (Å²) in [5.74, 6) is 0.206. The van der Waals surface area contributed by atoms with Crippen LogP contribution in [0.15, 0.2) is 36.8 Å². The first-order valence-corrected chi connectivity index (χ1v) is 10.4. The van der Waals surface area contributed by atoms with E-state index in [-0.39, 0.29) is 17.3 Å². The molecule has 0 amide bonds. The predicted octanol–water partition coefficient (Wildman–Crippen LogP) is 4.47. The normalized spacial score (nSPS) is 14.8. The molecule has 0 saturated carbocycles. The number of benzene rings is 1. The molecule has 0 spiro atoms. The second kappa shape index (κ2) is 7.18. The number of rotatable bonds is 0. The Balaban J connectivity index is 1.82. The van der Waals surface area contributed by atoms with Crippen molar-refractivity contribution in [2.45, 2.75) is 26.5 Å². The molecule has 5 rings (SSSR count). The molecule has 1 aromatic carbocycles. The number of aromatic nitrogens is 4. The van der Waals surface area contributed by atoms with Gasteiger partial charge < -0.3 is 15.0 Å². The van der Waals surface area contributed by atoms with Crippen molar-refractivity contribution >= 4 is 17.2 Å². The van der Waals surface area contributed by atoms with E-state index in [9.17, 15) is 9.65 Å². The largest absolute Gasteiger partial charge is 0.482 e. The second-order valence-corrected chi connectivity index (χ2v) is 8.57. The van der Waals surface area contributed by atoms with Crippen LogP contribution in [0.4, 0.5) is 10.2 Å². The molecule has 4 aromatic rings. The average Bonchev–Trinajstić information content (AvgIpc) is 3.32. The zero-order valence-electron chi connectivity index (χ0n) is 16.8. The van der Waals surface area contributed by atoms with Gasteiger partial charge in [-0.2, -0.15) is 5.26 Å². The molecule has 0 radical (unpaired) electrons. The number of thiazole rings is 1. The van der Waals surface area contributed by atoms with Crippen molar-refractivity contribution in [1.82, 2.24) is 19.5 Å². The molecule has 2 N–H and O–H groups in total. The van der Waals surface area contributed by atoms with Gasteiger partial charge in [0.1, 0.15) is 18.0 Å². The summed E-state index contributed by atoms with van der Waals surface area (Å²) in [6, 6.07) is 8.50. The molecule has 0 saturated heterocycles. The number of anilines is 1. The first kappa shape index (κ1) is 19.2. The first-order chi connectivity index (χ1) is 14.9. The Labute approximate surface area is 181 Å². The number of nitrogens with two attached hydrogens (primary N) is 1. The maximum absolute atomic E-state index is 14.2. The van der Waals surface area contributed by atoms with Crippen LogP contribution >= 0.6 is 11.3 Å². The topological polar surface area (TPSA) is 103 Å². The van der Waals surface area contributed by atoms with Crippen LogP contribution in [0.2, 0.25) is 0 Å². The van der Waals surface area contributed by atoms with Crippen LogP contribution in [0.3, 0.4) is 0 Å². The van der Waals surface area contributed by atoms with Crippen LogP contribution in [0.25, 0.3) is 22.5 Å². The summed E-state index contributed by atoms with van der Waals surface area (Å²) in [7, 11) is 0. The van der Waals surface area contributed by atoms with E-state index in [0.717, 1.165) is 21.1 Å². The van der Waals surface area contributed by atoms with Crippen molar-refractivity contribution in [3.63, 3.8) is 0 Å². The molecule has 154 valence electrons. The van der Waals surface area contributed by atoms with E-state index in [1.807, 2.05) is 18.4 Å². The highest BCUT2D eigenvalue weighted by Crippen LogP contribution is 2.39. The molecule has 4 heterocycles. The van der Waals surface area contributed by atoms with Gasteiger partial charge in [-0.15, -0.1) is 11.3 Å². The number of nitrogen functional groups attached to an aromatic ring is 1. The summed E-state index contributed by atoms with van der Waals surface area (Å²) in [6.07, 6.45) is 2.71. The van der Waals surface area contributed by atoms with Gasteiger partial charge in [-0.3, -0.25) is 0 Å². The van der Waals surface area contributed by atoms with Crippen LogP contribution in [-0.4, -0.2) is 19.5 Å². The molecule has 1 aliphatic rings. The Morgan fingerprint density at radius 1 is 1.32 bits per heavy atom. The third-order valence-electron chi connectivity index (χ3n) is 5.23. The Bertz CT molecular complexity index is 1370. The standard InChI is InChI=1S/C22H17FN6OS/c1-11-16-6-14(23)3-4-15(16)20-19(31-12(2)28-20)9-29-10-27-17(7-24)21(29)13-5-18(30-11)22(25)26-8-13/h3-6,8,10-11H,9H2,1-2H3,(H2,25,26)/t11-/m1/s1. The Morgan fingerprint density at radius 3 is 2.97 bits per heavy atom. The highest BCUT2D eigenvalue weighted by Gasteiger charge is 2.24. The number of ether oxygens (including phenoxy) is 1. The molecule has 2 bridgehead atoms. The van der Waals surface area contributed by atoms with Gasteiger partial charge in [0, 0.05) is 22.9 Å². The van der Waals surface area contributed by atoms with E-state index in [1.54, 1.807) is 36.0 Å². The number of pyridine rings is 1. The minimum atomic E-state index is -0.514. The molecule has 9 heteroatoms. The minimum Gasteiger partial charge on any atom is -0.482 e. The summed E-state index contributed by atoms with van der Waals surface area (Å²) >= 11 is 1.55. The van der Waals surface area contributed by atoms with Crippen molar-refractivity contribution in [2.24, 2.45) is 0 Å². The number of hydrogen-bond acceptors (Lipinski definition) is 7. The third-order valence-corrected chi connectivity index (χ3v) is 6.18. The van der Waals surface area contributed by atoms with Gasteiger partial charge in [0.15, 0.2) is 17.3 Å². The van der Waals surface area contributed by atoms with Gasteiger partial charge in [-0.1, -0.05) is 0 Å². The fourth-order valence-electron chi connectivity index (χ4n) is 3.85. The van der Waals surface area contributed by atoms with Gasteiger partial charge in [-0.25, -0.2) is 19.3 Å². The minimum absolute atomic E-state index is 0.209. The number of hydrogen-bond donors (Lipinski definition) is 1. The Hall–Kier alpha value is -3.77. The zero-order chi connectivity index (χ0) is 21.7. The van der Waals surface area contributed by atoms with E-state index in [1.165, 1.54) is 12.1 Å². The van der Waals surface area contributed by atoms with Gasteiger partial charge in [0.25, 0.3) is 0 Å². The number of aryl methyl sites for hydroxylation is 1. The molecule has 3 aromatic heterocycles. The maximum Gasteiger partial charge on any atom is 0.166 e. The van der Waals surface area contributed by atoms with Gasteiger partial charge in [0.05, 0.1) is 34.1 Å². The number of nitriles is 1. The number of fused-ring (bicyclic) bond motifs is 7. The second-order valence-electron chi connectivity index (χ2n) is 7.29. The molecule has 0 unspecified atom stereocenters. The molecule has 0 aliphatic carbocycles. The predicted molar refractivity (Wildman–Crippen MR) is 115 cm³/mol. The fraction of sp³-hybridized carbons (Fsp3) is 0.182. The van der Waals surface area contributed by atoms with Gasteiger partial charge >= 0.3 is 0 Å². The van der Waals surface area contributed by atoms with E-state index in [2.05, 4.69) is 16.0 Å². The average molecular weight is 432 g/mol. The maximum atomic E-state index is 14.2. The van der Waals surface area contributed by atoms with Crippen LogP contribution < -0.4 is 10.5 Å². The van der Waals surface area contributed by atoms with E-state index < -0.39 is 6.10 Å². The lowest BCUT2D eigenvalue weighted by Crippen LogP contribution is -2.10. The molecular weight excluding hydrogens is 415 g/mol. The Morgan fingerprint density at radius 2 is 2.16 bits per heavy atom. The molecule has 1 atom stereocenters. The molecule has 1 aliphatic heterocycles. The van der Waals surface area contributed by atoms with Crippen molar-refractivity contribution < 1.29 is 9.13 Å². The summed E-state index contributed by atoms with van der Waals surface area (Å²) < 4.78 is 22.2. The van der Waals surface area contributed by atoms with Crippen molar-refractivity contribution in [3.05, 3.63) is 63.7 Å². The first-order valence-electron chi connectivity index (χ1n) is 9.58. The monoisotopic (exact) mass is 432 g/mol. The Kier molecular flexibility index (Phi) is 4.45. The summed E-state index contributed by atoms with van der Waals surface area (Å²) in [5.41, 5.74) is 9.86. The number of imidazole rings is 1.